The van der Waals surface area contributed by atoms with Gasteiger partial charge in [0.1, 0.15) is 35.2 Å². The minimum absolute atomic E-state index is 0.00659. The molecule has 8 N–H and O–H groups in total. The third-order valence-corrected chi connectivity index (χ3v) is 7.44. The Labute approximate surface area is 227 Å². The highest BCUT2D eigenvalue weighted by Crippen LogP contribution is 2.53. The van der Waals surface area contributed by atoms with Gasteiger partial charge in [-0.1, -0.05) is 18.2 Å². The summed E-state index contributed by atoms with van der Waals surface area (Å²) < 4.78 is 12.1. The van der Waals surface area contributed by atoms with Crippen LogP contribution in [0.2, 0.25) is 0 Å². The molecule has 6 rings (SSSR count). The monoisotopic (exact) mass is 546 g/mol. The van der Waals surface area contributed by atoms with Crippen molar-refractivity contribution in [3.05, 3.63) is 94.5 Å². The highest BCUT2D eigenvalue weighted by molar-refractivity contribution is 5.59. The fraction of sp³-hybridized carbons (Fsp3) is 0.200. The van der Waals surface area contributed by atoms with Gasteiger partial charge in [0.2, 0.25) is 0 Å². The molecule has 40 heavy (non-hydrogen) atoms. The lowest BCUT2D eigenvalue weighted by Crippen LogP contribution is -2.36. The minimum atomic E-state index is -1.38. The van der Waals surface area contributed by atoms with Crippen LogP contribution in [0.3, 0.4) is 0 Å². The standard InChI is InChI=1S/C30H26O10/c31-16-4-5-18(21(34)11-16)26-19-7-15(28-23(36)8-13-1-3-17(32)12-25(13)39-28)10-24(37)30(19)40-29(27(26)38)14-2-6-20(33)22(35)9-14/h1-7,9-12,23,26-29,31-38H,8H2/t23-,26-,27-,28+,29+/m0/s1. The Morgan fingerprint density at radius 3 is 2.05 bits per heavy atom. The average Bonchev–Trinajstić information content (AvgIpc) is 2.90. The first-order chi connectivity index (χ1) is 19.1. The molecule has 10 heteroatoms. The van der Waals surface area contributed by atoms with E-state index in [0.717, 1.165) is 6.07 Å². The molecule has 206 valence electrons. The molecule has 0 fully saturated rings. The first-order valence-corrected chi connectivity index (χ1v) is 12.5. The topological polar surface area (TPSA) is 180 Å². The van der Waals surface area contributed by atoms with Crippen molar-refractivity contribution in [2.45, 2.75) is 36.8 Å². The maximum Gasteiger partial charge on any atom is 0.165 e. The normalized spacial score (nSPS) is 23.4. The average molecular weight is 547 g/mol. The lowest BCUT2D eigenvalue weighted by molar-refractivity contribution is 0.00501. The summed E-state index contributed by atoms with van der Waals surface area (Å²) in [5.74, 6) is -2.27. The number of aliphatic hydroxyl groups excluding tert-OH is 2. The number of phenolic OH excluding ortho intramolecular Hbond substituents is 6. The first-order valence-electron chi connectivity index (χ1n) is 12.5. The molecule has 0 unspecified atom stereocenters. The molecule has 0 aliphatic carbocycles. The highest BCUT2D eigenvalue weighted by Gasteiger charge is 2.43. The van der Waals surface area contributed by atoms with Crippen LogP contribution < -0.4 is 9.47 Å². The Morgan fingerprint density at radius 1 is 0.575 bits per heavy atom. The van der Waals surface area contributed by atoms with Crippen molar-refractivity contribution in [2.24, 2.45) is 0 Å². The number of fused-ring (bicyclic) bond motifs is 2. The zero-order valence-corrected chi connectivity index (χ0v) is 20.8. The first kappa shape index (κ1) is 25.5. The lowest BCUT2D eigenvalue weighted by Gasteiger charge is -2.39. The van der Waals surface area contributed by atoms with Gasteiger partial charge in [0, 0.05) is 35.6 Å². The number of ether oxygens (including phenoxy) is 2. The summed E-state index contributed by atoms with van der Waals surface area (Å²) >= 11 is 0. The third-order valence-electron chi connectivity index (χ3n) is 7.44. The maximum absolute atomic E-state index is 11.6. The number of benzene rings is 4. The second kappa shape index (κ2) is 9.44. The molecular formula is C30H26O10. The van der Waals surface area contributed by atoms with E-state index in [1.165, 1.54) is 48.5 Å². The fourth-order valence-electron chi connectivity index (χ4n) is 5.53. The molecule has 5 atom stereocenters. The van der Waals surface area contributed by atoms with E-state index in [1.807, 2.05) is 0 Å². The van der Waals surface area contributed by atoms with E-state index in [4.69, 9.17) is 9.47 Å². The van der Waals surface area contributed by atoms with Crippen molar-refractivity contribution in [1.29, 1.82) is 0 Å². The molecule has 2 aliphatic heterocycles. The van der Waals surface area contributed by atoms with Crippen molar-refractivity contribution >= 4 is 0 Å². The van der Waals surface area contributed by atoms with Gasteiger partial charge in [-0.2, -0.15) is 0 Å². The molecule has 0 amide bonds. The Hall–Kier alpha value is -4.80. The van der Waals surface area contributed by atoms with E-state index in [2.05, 4.69) is 0 Å². The van der Waals surface area contributed by atoms with Crippen LogP contribution >= 0.6 is 0 Å². The second-order valence-corrected chi connectivity index (χ2v) is 10.1. The van der Waals surface area contributed by atoms with E-state index in [0.29, 0.717) is 22.4 Å². The number of rotatable bonds is 3. The second-order valence-electron chi connectivity index (χ2n) is 10.1. The zero-order valence-electron chi connectivity index (χ0n) is 20.8. The predicted molar refractivity (Wildman–Crippen MR) is 140 cm³/mol. The van der Waals surface area contributed by atoms with Gasteiger partial charge >= 0.3 is 0 Å². The molecule has 2 heterocycles. The lowest BCUT2D eigenvalue weighted by atomic mass is 9.78. The summed E-state index contributed by atoms with van der Waals surface area (Å²) in [6, 6.07) is 15.4. The summed E-state index contributed by atoms with van der Waals surface area (Å²) in [4.78, 5) is 0. The number of hydrogen-bond donors (Lipinski definition) is 8. The quantitative estimate of drug-likeness (QED) is 0.177. The summed E-state index contributed by atoms with van der Waals surface area (Å²) in [6.45, 7) is 0. The van der Waals surface area contributed by atoms with Gasteiger partial charge in [0.15, 0.2) is 29.1 Å². The van der Waals surface area contributed by atoms with Gasteiger partial charge in [-0.25, -0.2) is 0 Å². The Bertz CT molecular complexity index is 1620. The Balaban J connectivity index is 1.49. The van der Waals surface area contributed by atoms with Gasteiger partial charge in [-0.05, 0) is 53.1 Å². The van der Waals surface area contributed by atoms with Crippen molar-refractivity contribution in [3.63, 3.8) is 0 Å². The molecule has 0 aromatic heterocycles. The molecule has 10 nitrogen and oxygen atoms in total. The van der Waals surface area contributed by atoms with Crippen LogP contribution in [0, 0.1) is 0 Å². The molecule has 4 aromatic rings. The van der Waals surface area contributed by atoms with Crippen LogP contribution in [0.4, 0.5) is 0 Å². The van der Waals surface area contributed by atoms with Gasteiger partial charge < -0.3 is 50.3 Å². The van der Waals surface area contributed by atoms with Crippen LogP contribution in [0.15, 0.2) is 66.7 Å². The summed E-state index contributed by atoms with van der Waals surface area (Å²) in [5.41, 5.74) is 1.86. The third kappa shape index (κ3) is 4.23. The molecule has 0 bridgehead atoms. The fourth-order valence-corrected chi connectivity index (χ4v) is 5.53. The van der Waals surface area contributed by atoms with Crippen LogP contribution in [-0.2, 0) is 6.42 Å². The smallest absolute Gasteiger partial charge is 0.165 e. The summed E-state index contributed by atoms with van der Waals surface area (Å²) in [5, 5.41) is 84.0. The predicted octanol–water partition coefficient (Wildman–Crippen LogP) is 3.58. The molecule has 0 saturated carbocycles. The zero-order chi connectivity index (χ0) is 28.3. The SMILES string of the molecule is Oc1ccc([C@H]2c3cc([C@H]4Oc5cc(O)ccc5C[C@@H]4O)cc(O)c3O[C@H](c3ccc(O)c(O)c3)[C@H]2O)c(O)c1. The number of phenols is 6. The molecule has 0 spiro atoms. The molecule has 4 aromatic carbocycles. The molecular weight excluding hydrogens is 520 g/mol. The summed E-state index contributed by atoms with van der Waals surface area (Å²) in [7, 11) is 0. The van der Waals surface area contributed by atoms with E-state index in [1.54, 1.807) is 12.1 Å². The molecule has 2 aliphatic rings. The van der Waals surface area contributed by atoms with Crippen molar-refractivity contribution in [3.8, 4) is 46.0 Å². The Kier molecular flexibility index (Phi) is 6.01. The van der Waals surface area contributed by atoms with Crippen LogP contribution in [0.1, 0.15) is 45.9 Å². The van der Waals surface area contributed by atoms with E-state index in [9.17, 15) is 40.9 Å². The van der Waals surface area contributed by atoms with Crippen LogP contribution in [0.5, 0.6) is 46.0 Å². The van der Waals surface area contributed by atoms with E-state index < -0.39 is 36.1 Å². The van der Waals surface area contributed by atoms with E-state index in [-0.39, 0.29) is 52.0 Å². The Morgan fingerprint density at radius 2 is 1.30 bits per heavy atom. The largest absolute Gasteiger partial charge is 0.508 e. The van der Waals surface area contributed by atoms with Gasteiger partial charge in [-0.15, -0.1) is 0 Å². The van der Waals surface area contributed by atoms with Gasteiger partial charge in [0.25, 0.3) is 0 Å². The van der Waals surface area contributed by atoms with Crippen molar-refractivity contribution in [2.75, 3.05) is 0 Å². The van der Waals surface area contributed by atoms with Gasteiger partial charge in [-0.3, -0.25) is 0 Å². The molecule has 0 saturated heterocycles. The van der Waals surface area contributed by atoms with E-state index >= 15 is 0 Å². The van der Waals surface area contributed by atoms with Crippen LogP contribution in [-0.4, -0.2) is 53.1 Å². The maximum atomic E-state index is 11.6. The summed E-state index contributed by atoms with van der Waals surface area (Å²) in [6.07, 6.45) is -4.23. The van der Waals surface area contributed by atoms with Crippen LogP contribution in [0.25, 0.3) is 0 Å². The van der Waals surface area contributed by atoms with Crippen molar-refractivity contribution in [1.82, 2.24) is 0 Å². The van der Waals surface area contributed by atoms with Gasteiger partial charge in [0.05, 0.1) is 6.10 Å². The number of hydrogen-bond acceptors (Lipinski definition) is 10. The number of aromatic hydroxyl groups is 6. The van der Waals surface area contributed by atoms with Crippen molar-refractivity contribution < 1.29 is 50.3 Å². The number of aliphatic hydroxyl groups is 2. The highest BCUT2D eigenvalue weighted by atomic mass is 16.5. The minimum Gasteiger partial charge on any atom is -0.508 e. The molecule has 0 radical (unpaired) electrons.